The Morgan fingerprint density at radius 3 is 0.967 bits per heavy atom. The van der Waals surface area contributed by atoms with Gasteiger partial charge in [-0.25, -0.2) is 0 Å². The molecule has 0 aliphatic carbocycles. The molecule has 0 spiro atoms. The molecular weight excluding hydrogens is 1130 g/mol. The highest BCUT2D eigenvalue weighted by Gasteiger charge is 2.22. The SMILES string of the molecule is CC/C=C\C/C=C\C/C=C\C/C=C\C/C=C\C/C=C\C/C=C\C/C=C\C/C=C\C/C=C\CCCCC(=O)OC(COC(=O)CCCCCCCCCCCCCCCCCCCC/C=C\C/C=C\C/C=C\CCCCCCC)COP(=O)([O-])OCC[N+](C)(C)C. The smallest absolute Gasteiger partial charge is 0.306 e. The number of carbonyl (C=O) groups is 2. The molecule has 0 aromatic heterocycles. The maximum atomic E-state index is 12.9. The van der Waals surface area contributed by atoms with Crippen LogP contribution in [0.1, 0.15) is 284 Å². The number of allylic oxidation sites excluding steroid dienone is 26. The lowest BCUT2D eigenvalue weighted by molar-refractivity contribution is -0.870. The number of phosphoric acid groups is 1. The Morgan fingerprint density at radius 2 is 0.633 bits per heavy atom. The molecule has 0 saturated heterocycles. The Hall–Kier alpha value is -4.37. The summed E-state index contributed by atoms with van der Waals surface area (Å²) in [5, 5.41) is 0. The van der Waals surface area contributed by atoms with Gasteiger partial charge in [0.1, 0.15) is 19.8 Å². The van der Waals surface area contributed by atoms with Crippen molar-refractivity contribution in [1.82, 2.24) is 0 Å². The second-order valence-corrected chi connectivity index (χ2v) is 26.3. The Bertz CT molecular complexity index is 2080. The van der Waals surface area contributed by atoms with E-state index >= 15 is 0 Å². The molecule has 0 N–H and O–H groups in total. The first-order chi connectivity index (χ1) is 44.0. The number of phosphoric ester groups is 1. The van der Waals surface area contributed by atoms with E-state index in [1.807, 2.05) is 21.1 Å². The molecule has 0 bridgehead atoms. The van der Waals surface area contributed by atoms with Crippen molar-refractivity contribution in [2.24, 2.45) is 0 Å². The van der Waals surface area contributed by atoms with Gasteiger partial charge in [0, 0.05) is 12.8 Å². The van der Waals surface area contributed by atoms with Crippen LogP contribution in [0, 0.1) is 0 Å². The van der Waals surface area contributed by atoms with E-state index in [9.17, 15) is 19.0 Å². The molecule has 0 radical (unpaired) electrons. The van der Waals surface area contributed by atoms with Gasteiger partial charge in [0.2, 0.25) is 0 Å². The standard InChI is InChI=1S/C80H134NO8P/c1-6-8-10-12-14-16-18-20-22-24-26-28-30-32-34-36-38-40-42-44-46-48-50-52-54-56-58-60-62-64-66-68-70-72-79(82)86-76-78(77-88-90(84,85)87-75-74-81(3,4)5)89-80(83)73-71-69-67-65-63-61-59-57-55-53-51-49-47-45-43-41-39-37-35-33-31-29-27-25-23-21-19-17-15-13-11-9-7-2/h9,11,15,17-18,20-21,23-24,26-27,29-30,32-33,35,39,41,45,47,51,53,57,59,63,65,78H,6-8,10,12-14,16,19,22,25,28,31,34,36-38,40,42-44,46,48-50,52,54-56,58,60-62,64,66-77H2,1-5H3/b11-9-,17-15-,20-18-,23-21-,26-24-,29-27-,32-30-,35-33-,41-39-,47-45-,53-51-,59-57-,65-63-. The Kier molecular flexibility index (Phi) is 65.6. The van der Waals surface area contributed by atoms with Gasteiger partial charge in [-0.05, 0) is 128 Å². The van der Waals surface area contributed by atoms with Crippen LogP contribution >= 0.6 is 7.82 Å². The van der Waals surface area contributed by atoms with Crippen LogP contribution in [0.3, 0.4) is 0 Å². The van der Waals surface area contributed by atoms with Gasteiger partial charge in [0.25, 0.3) is 7.82 Å². The summed E-state index contributed by atoms with van der Waals surface area (Å²) in [6.07, 6.45) is 103. The molecular formula is C80H134NO8P. The average molecular weight is 1270 g/mol. The molecule has 0 aliphatic heterocycles. The second kappa shape index (κ2) is 69.0. The fourth-order valence-corrected chi connectivity index (χ4v) is 10.2. The number of carbonyl (C=O) groups excluding carboxylic acids is 2. The molecule has 0 aliphatic rings. The highest BCUT2D eigenvalue weighted by molar-refractivity contribution is 7.45. The third-order valence-corrected chi connectivity index (χ3v) is 16.0. The molecule has 0 heterocycles. The molecule has 0 rings (SSSR count). The first-order valence-corrected chi connectivity index (χ1v) is 37.7. The summed E-state index contributed by atoms with van der Waals surface area (Å²) in [4.78, 5) is 38.1. The zero-order valence-corrected chi connectivity index (χ0v) is 59.2. The molecule has 10 heteroatoms. The van der Waals surface area contributed by atoms with Crippen molar-refractivity contribution in [1.29, 1.82) is 0 Å². The molecule has 9 nitrogen and oxygen atoms in total. The van der Waals surface area contributed by atoms with E-state index in [1.165, 1.54) is 141 Å². The predicted molar refractivity (Wildman–Crippen MR) is 387 cm³/mol. The van der Waals surface area contributed by atoms with Crippen molar-refractivity contribution in [2.75, 3.05) is 47.5 Å². The fourth-order valence-electron chi connectivity index (χ4n) is 9.52. The van der Waals surface area contributed by atoms with E-state index in [-0.39, 0.29) is 26.1 Å². The van der Waals surface area contributed by atoms with E-state index in [0.717, 1.165) is 109 Å². The van der Waals surface area contributed by atoms with Crippen LogP contribution in [-0.4, -0.2) is 70.0 Å². The van der Waals surface area contributed by atoms with E-state index in [0.29, 0.717) is 17.4 Å². The van der Waals surface area contributed by atoms with Gasteiger partial charge in [0.15, 0.2) is 6.10 Å². The number of quaternary nitrogens is 1. The number of likely N-dealkylation sites (N-methyl/N-ethyl adjacent to an activating group) is 1. The Morgan fingerprint density at radius 1 is 0.356 bits per heavy atom. The molecule has 0 aromatic rings. The number of esters is 2. The van der Waals surface area contributed by atoms with Crippen LogP contribution in [0.5, 0.6) is 0 Å². The maximum Gasteiger partial charge on any atom is 0.306 e. The van der Waals surface area contributed by atoms with Crippen molar-refractivity contribution in [3.05, 3.63) is 158 Å². The van der Waals surface area contributed by atoms with Crippen molar-refractivity contribution >= 4 is 19.8 Å². The first-order valence-electron chi connectivity index (χ1n) is 36.2. The van der Waals surface area contributed by atoms with Crippen LogP contribution in [0.2, 0.25) is 0 Å². The van der Waals surface area contributed by atoms with Crippen molar-refractivity contribution < 1.29 is 42.1 Å². The lowest BCUT2D eigenvalue weighted by Gasteiger charge is -2.28. The minimum absolute atomic E-state index is 0.0471. The van der Waals surface area contributed by atoms with Gasteiger partial charge >= 0.3 is 11.9 Å². The predicted octanol–water partition coefficient (Wildman–Crippen LogP) is 23.3. The number of hydrogen-bond acceptors (Lipinski definition) is 8. The Balaban J connectivity index is 4.15. The average Bonchev–Trinajstić information content (AvgIpc) is 3.58. The lowest BCUT2D eigenvalue weighted by atomic mass is 10.0. The summed E-state index contributed by atoms with van der Waals surface area (Å²) >= 11 is 0. The zero-order chi connectivity index (χ0) is 65.5. The van der Waals surface area contributed by atoms with Crippen LogP contribution in [0.4, 0.5) is 0 Å². The molecule has 2 atom stereocenters. The summed E-state index contributed by atoms with van der Waals surface area (Å²) < 4.78 is 34.3. The minimum Gasteiger partial charge on any atom is -0.756 e. The lowest BCUT2D eigenvalue weighted by Crippen LogP contribution is -2.37. The molecule has 0 saturated carbocycles. The zero-order valence-electron chi connectivity index (χ0n) is 58.3. The highest BCUT2D eigenvalue weighted by Crippen LogP contribution is 2.38. The molecule has 512 valence electrons. The van der Waals surface area contributed by atoms with Crippen molar-refractivity contribution in [2.45, 2.75) is 290 Å². The minimum atomic E-state index is -4.67. The quantitative estimate of drug-likeness (QED) is 0.0195. The van der Waals surface area contributed by atoms with Gasteiger partial charge in [-0.1, -0.05) is 300 Å². The van der Waals surface area contributed by atoms with E-state index < -0.39 is 32.5 Å². The van der Waals surface area contributed by atoms with Gasteiger partial charge < -0.3 is 27.9 Å². The van der Waals surface area contributed by atoms with Gasteiger partial charge in [0.05, 0.1) is 27.7 Å². The second-order valence-electron chi connectivity index (χ2n) is 24.9. The maximum absolute atomic E-state index is 12.9. The first kappa shape index (κ1) is 85.6. The Labute approximate surface area is 554 Å². The van der Waals surface area contributed by atoms with Crippen molar-refractivity contribution in [3.63, 3.8) is 0 Å². The monoisotopic (exact) mass is 1270 g/mol. The molecule has 0 aromatic carbocycles. The highest BCUT2D eigenvalue weighted by atomic mass is 31.2. The molecule has 0 fully saturated rings. The third kappa shape index (κ3) is 72.7. The van der Waals surface area contributed by atoms with Gasteiger partial charge in [-0.3, -0.25) is 14.2 Å². The fraction of sp³-hybridized carbons (Fsp3) is 0.650. The summed E-state index contributed by atoms with van der Waals surface area (Å²) in [5.41, 5.74) is 0. The third-order valence-electron chi connectivity index (χ3n) is 15.0. The van der Waals surface area contributed by atoms with Crippen LogP contribution in [0.25, 0.3) is 0 Å². The van der Waals surface area contributed by atoms with Crippen LogP contribution < -0.4 is 4.89 Å². The number of hydrogen-bond donors (Lipinski definition) is 0. The number of nitrogens with zero attached hydrogens (tertiary/aromatic N) is 1. The van der Waals surface area contributed by atoms with Gasteiger partial charge in [-0.2, -0.15) is 0 Å². The van der Waals surface area contributed by atoms with E-state index in [1.54, 1.807) is 0 Å². The van der Waals surface area contributed by atoms with E-state index in [4.69, 9.17) is 18.5 Å². The largest absolute Gasteiger partial charge is 0.756 e. The van der Waals surface area contributed by atoms with Crippen molar-refractivity contribution in [3.8, 4) is 0 Å². The van der Waals surface area contributed by atoms with Crippen LogP contribution in [-0.2, 0) is 32.7 Å². The van der Waals surface area contributed by atoms with E-state index in [2.05, 4.69) is 172 Å². The summed E-state index contributed by atoms with van der Waals surface area (Å²) in [6.45, 7) is 4.07. The number of ether oxygens (including phenoxy) is 2. The molecule has 2 unspecified atom stereocenters. The van der Waals surface area contributed by atoms with Gasteiger partial charge in [-0.15, -0.1) is 0 Å². The summed E-state index contributed by atoms with van der Waals surface area (Å²) in [5.74, 6) is -0.889. The summed E-state index contributed by atoms with van der Waals surface area (Å²) in [7, 11) is 1.12. The normalized spacial score (nSPS) is 14.1. The summed E-state index contributed by atoms with van der Waals surface area (Å²) in [6, 6.07) is 0. The molecule has 90 heavy (non-hydrogen) atoms. The number of unbranched alkanes of at least 4 members (excludes halogenated alkanes) is 25. The molecule has 0 amide bonds. The number of rotatable bonds is 65. The topological polar surface area (TPSA) is 111 Å². The van der Waals surface area contributed by atoms with Crippen LogP contribution in [0.15, 0.2) is 158 Å².